The Morgan fingerprint density at radius 1 is 1.04 bits per heavy atom. The van der Waals surface area contributed by atoms with Crippen LogP contribution in [0.25, 0.3) is 0 Å². The molecule has 6 heteroatoms. The molecule has 27 heavy (non-hydrogen) atoms. The zero-order valence-electron chi connectivity index (χ0n) is 16.4. The van der Waals surface area contributed by atoms with Gasteiger partial charge in [-0.05, 0) is 51.5 Å². The van der Waals surface area contributed by atoms with E-state index in [9.17, 15) is 13.2 Å². The molecule has 0 saturated heterocycles. The zero-order valence-corrected chi connectivity index (χ0v) is 17.2. The number of aryl methyl sites for hydroxylation is 1. The predicted octanol–water partition coefficient (Wildman–Crippen LogP) is 3.89. The smallest absolute Gasteiger partial charge is 0.264 e. The molecule has 1 amide bonds. The molecular weight excluding hydrogens is 360 g/mol. The summed E-state index contributed by atoms with van der Waals surface area (Å²) in [5.74, 6) is -0.165. The molecule has 0 fully saturated rings. The maximum absolute atomic E-state index is 13.2. The highest BCUT2D eigenvalue weighted by molar-refractivity contribution is 7.92. The normalized spacial score (nSPS) is 11.9. The fraction of sp³-hybridized carbons (Fsp3) is 0.381. The van der Waals surface area contributed by atoms with Gasteiger partial charge in [0.2, 0.25) is 5.91 Å². The summed E-state index contributed by atoms with van der Waals surface area (Å²) in [6, 6.07) is 15.6. The molecule has 0 unspecified atom stereocenters. The second-order valence-electron chi connectivity index (χ2n) is 7.26. The van der Waals surface area contributed by atoms with Gasteiger partial charge in [-0.3, -0.25) is 9.10 Å². The summed E-state index contributed by atoms with van der Waals surface area (Å²) in [5, 5.41) is 2.95. The molecule has 146 valence electrons. The number of amides is 1. The number of nitrogens with zero attached hydrogens (tertiary/aromatic N) is 1. The molecule has 0 heterocycles. The molecule has 0 bridgehead atoms. The number of rotatable bonds is 8. The molecule has 0 aliphatic carbocycles. The number of para-hydroxylation sites is 1. The summed E-state index contributed by atoms with van der Waals surface area (Å²) in [7, 11) is -3.76. The number of anilines is 1. The van der Waals surface area contributed by atoms with E-state index in [1.165, 1.54) is 4.31 Å². The molecule has 0 aliphatic rings. The molecule has 0 radical (unpaired) electrons. The van der Waals surface area contributed by atoms with Crippen LogP contribution in [0, 0.1) is 6.92 Å². The minimum Gasteiger partial charge on any atom is -0.351 e. The highest BCUT2D eigenvalue weighted by Crippen LogP contribution is 2.24. The van der Waals surface area contributed by atoms with Crippen molar-refractivity contribution >= 4 is 21.6 Å². The van der Waals surface area contributed by atoms with E-state index in [4.69, 9.17) is 0 Å². The van der Waals surface area contributed by atoms with Crippen LogP contribution in [-0.4, -0.2) is 26.4 Å². The van der Waals surface area contributed by atoms with Crippen molar-refractivity contribution in [3.63, 3.8) is 0 Å². The van der Waals surface area contributed by atoms with E-state index >= 15 is 0 Å². The van der Waals surface area contributed by atoms with Crippen molar-refractivity contribution in [2.45, 2.75) is 51.0 Å². The van der Waals surface area contributed by atoms with Crippen LogP contribution in [0.5, 0.6) is 0 Å². The van der Waals surface area contributed by atoms with Crippen molar-refractivity contribution in [3.05, 3.63) is 60.2 Å². The van der Waals surface area contributed by atoms with Crippen LogP contribution in [0.15, 0.2) is 59.5 Å². The molecule has 0 spiro atoms. The highest BCUT2D eigenvalue weighted by atomic mass is 32.2. The van der Waals surface area contributed by atoms with E-state index in [0.717, 1.165) is 12.0 Å². The van der Waals surface area contributed by atoms with Crippen LogP contribution in [0.4, 0.5) is 5.69 Å². The molecule has 0 saturated carbocycles. The van der Waals surface area contributed by atoms with Gasteiger partial charge in [-0.1, -0.05) is 42.8 Å². The Bertz CT molecular complexity index is 860. The van der Waals surface area contributed by atoms with E-state index < -0.39 is 10.0 Å². The van der Waals surface area contributed by atoms with Crippen molar-refractivity contribution in [1.82, 2.24) is 5.32 Å². The fourth-order valence-electron chi connectivity index (χ4n) is 2.55. The quantitative estimate of drug-likeness (QED) is 0.746. The average molecular weight is 389 g/mol. The SMILES string of the molecule is CCC(C)(C)NC(=O)CCN(c1ccccc1)S(=O)(=O)c1ccc(C)cc1. The Hall–Kier alpha value is -2.34. The van der Waals surface area contributed by atoms with Gasteiger partial charge in [0, 0.05) is 18.5 Å². The van der Waals surface area contributed by atoms with Gasteiger partial charge in [0.15, 0.2) is 0 Å². The molecule has 2 rings (SSSR count). The second kappa shape index (κ2) is 8.57. The average Bonchev–Trinajstić information content (AvgIpc) is 2.62. The standard InChI is InChI=1S/C21H28N2O3S/c1-5-21(3,4)22-20(24)15-16-23(18-9-7-6-8-10-18)27(25,26)19-13-11-17(2)12-14-19/h6-14H,5,15-16H2,1-4H3,(H,22,24). The lowest BCUT2D eigenvalue weighted by Crippen LogP contribution is -2.44. The fourth-order valence-corrected chi connectivity index (χ4v) is 4.02. The summed E-state index contributed by atoms with van der Waals surface area (Å²) in [5.41, 5.74) is 1.21. The van der Waals surface area contributed by atoms with Gasteiger partial charge in [0.05, 0.1) is 10.6 Å². The lowest BCUT2D eigenvalue weighted by atomic mass is 10.0. The third-order valence-corrected chi connectivity index (χ3v) is 6.40. The van der Waals surface area contributed by atoms with Crippen molar-refractivity contribution in [1.29, 1.82) is 0 Å². The maximum atomic E-state index is 13.2. The monoisotopic (exact) mass is 388 g/mol. The number of carbonyl (C=O) groups is 1. The van der Waals surface area contributed by atoms with Crippen molar-refractivity contribution in [2.75, 3.05) is 10.8 Å². The van der Waals surface area contributed by atoms with Gasteiger partial charge in [0.1, 0.15) is 0 Å². The number of nitrogens with one attached hydrogen (secondary N) is 1. The third kappa shape index (κ3) is 5.57. The minimum atomic E-state index is -3.76. The van der Waals surface area contributed by atoms with Gasteiger partial charge in [0.25, 0.3) is 10.0 Å². The zero-order chi connectivity index (χ0) is 20.1. The molecule has 2 aromatic rings. The molecular formula is C21H28N2O3S. The van der Waals surface area contributed by atoms with Crippen LogP contribution >= 0.6 is 0 Å². The number of carbonyl (C=O) groups excluding carboxylic acids is 1. The first-order valence-electron chi connectivity index (χ1n) is 9.11. The topological polar surface area (TPSA) is 66.5 Å². The van der Waals surface area contributed by atoms with Gasteiger partial charge in [-0.2, -0.15) is 0 Å². The Balaban J connectivity index is 2.27. The number of sulfonamides is 1. The van der Waals surface area contributed by atoms with Crippen LogP contribution < -0.4 is 9.62 Å². The molecule has 5 nitrogen and oxygen atoms in total. The predicted molar refractivity (Wildman–Crippen MR) is 109 cm³/mol. The number of hydrogen-bond donors (Lipinski definition) is 1. The second-order valence-corrected chi connectivity index (χ2v) is 9.12. The maximum Gasteiger partial charge on any atom is 0.264 e. The van der Waals surface area contributed by atoms with Gasteiger partial charge < -0.3 is 5.32 Å². The van der Waals surface area contributed by atoms with Gasteiger partial charge in [-0.15, -0.1) is 0 Å². The largest absolute Gasteiger partial charge is 0.351 e. The summed E-state index contributed by atoms with van der Waals surface area (Å²) < 4.78 is 27.7. The highest BCUT2D eigenvalue weighted by Gasteiger charge is 2.26. The van der Waals surface area contributed by atoms with Crippen LogP contribution in [0.3, 0.4) is 0 Å². The summed E-state index contributed by atoms with van der Waals surface area (Å²) >= 11 is 0. The summed E-state index contributed by atoms with van der Waals surface area (Å²) in [4.78, 5) is 12.5. The van der Waals surface area contributed by atoms with Crippen LogP contribution in [0.2, 0.25) is 0 Å². The van der Waals surface area contributed by atoms with Crippen molar-refractivity contribution in [3.8, 4) is 0 Å². The molecule has 1 N–H and O–H groups in total. The summed E-state index contributed by atoms with van der Waals surface area (Å²) in [6.45, 7) is 7.88. The first-order chi connectivity index (χ1) is 12.7. The first kappa shape index (κ1) is 21.0. The van der Waals surface area contributed by atoms with E-state index in [1.807, 2.05) is 33.8 Å². The summed E-state index contributed by atoms with van der Waals surface area (Å²) in [6.07, 6.45) is 0.881. The molecule has 2 aromatic carbocycles. The first-order valence-corrected chi connectivity index (χ1v) is 10.6. The Morgan fingerprint density at radius 3 is 2.19 bits per heavy atom. The van der Waals surface area contributed by atoms with Crippen molar-refractivity contribution in [2.24, 2.45) is 0 Å². The van der Waals surface area contributed by atoms with Crippen LogP contribution in [0.1, 0.15) is 39.2 Å². The third-order valence-electron chi connectivity index (χ3n) is 4.56. The van der Waals surface area contributed by atoms with E-state index in [0.29, 0.717) is 5.69 Å². The lowest BCUT2D eigenvalue weighted by Gasteiger charge is -2.27. The van der Waals surface area contributed by atoms with Crippen molar-refractivity contribution < 1.29 is 13.2 Å². The van der Waals surface area contributed by atoms with E-state index in [1.54, 1.807) is 48.5 Å². The minimum absolute atomic E-state index is 0.0752. The Morgan fingerprint density at radius 2 is 1.63 bits per heavy atom. The molecule has 0 aromatic heterocycles. The Kier molecular flexibility index (Phi) is 6.65. The van der Waals surface area contributed by atoms with Gasteiger partial charge in [-0.25, -0.2) is 8.42 Å². The Labute approximate surface area is 162 Å². The number of hydrogen-bond acceptors (Lipinski definition) is 3. The van der Waals surface area contributed by atoms with E-state index in [2.05, 4.69) is 5.32 Å². The lowest BCUT2D eigenvalue weighted by molar-refractivity contribution is -0.122. The van der Waals surface area contributed by atoms with Crippen LogP contribution in [-0.2, 0) is 14.8 Å². The number of benzene rings is 2. The van der Waals surface area contributed by atoms with Gasteiger partial charge >= 0.3 is 0 Å². The molecule has 0 aliphatic heterocycles. The van der Waals surface area contributed by atoms with E-state index in [-0.39, 0.29) is 29.3 Å². The molecule has 0 atom stereocenters.